The first-order valence-electron chi connectivity index (χ1n) is 7.75. The number of carboxylic acids is 1. The zero-order valence-corrected chi connectivity index (χ0v) is 12.5. The SMILES string of the molecule is CCC(C)C(=O)NC1CC(N(CC(=O)O)CC2CC2)C1. The summed E-state index contributed by atoms with van der Waals surface area (Å²) < 4.78 is 0. The molecule has 1 amide bonds. The number of nitrogens with zero attached hydrogens (tertiary/aromatic N) is 1. The maximum Gasteiger partial charge on any atom is 0.317 e. The van der Waals surface area contributed by atoms with Crippen molar-refractivity contribution in [3.8, 4) is 0 Å². The molecule has 0 aromatic rings. The summed E-state index contributed by atoms with van der Waals surface area (Å²) in [4.78, 5) is 24.8. The third-order valence-corrected chi connectivity index (χ3v) is 4.56. The molecule has 0 bridgehead atoms. The third-order valence-electron chi connectivity index (χ3n) is 4.56. The highest BCUT2D eigenvalue weighted by molar-refractivity contribution is 5.78. The van der Waals surface area contributed by atoms with Gasteiger partial charge in [0.25, 0.3) is 0 Å². The molecule has 20 heavy (non-hydrogen) atoms. The molecule has 2 aliphatic rings. The fourth-order valence-electron chi connectivity index (χ4n) is 2.68. The molecule has 0 aromatic carbocycles. The van der Waals surface area contributed by atoms with E-state index in [1.807, 2.05) is 13.8 Å². The Morgan fingerprint density at radius 3 is 2.50 bits per heavy atom. The lowest BCUT2D eigenvalue weighted by atomic mass is 9.84. The Bertz CT molecular complexity index is 362. The normalized spacial score (nSPS) is 26.9. The maximum absolute atomic E-state index is 11.8. The zero-order chi connectivity index (χ0) is 14.7. The number of rotatable bonds is 8. The Morgan fingerprint density at radius 1 is 1.35 bits per heavy atom. The maximum atomic E-state index is 11.8. The van der Waals surface area contributed by atoms with Crippen LogP contribution in [0.5, 0.6) is 0 Å². The highest BCUT2D eigenvalue weighted by Gasteiger charge is 2.37. The summed E-state index contributed by atoms with van der Waals surface area (Å²) in [5.41, 5.74) is 0. The molecule has 0 heterocycles. The van der Waals surface area contributed by atoms with E-state index in [1.54, 1.807) is 0 Å². The van der Waals surface area contributed by atoms with E-state index in [0.717, 1.165) is 25.8 Å². The van der Waals surface area contributed by atoms with Crippen LogP contribution in [0.25, 0.3) is 0 Å². The molecule has 0 spiro atoms. The lowest BCUT2D eigenvalue weighted by molar-refractivity contribution is -0.140. The lowest BCUT2D eigenvalue weighted by Gasteiger charge is -2.43. The minimum Gasteiger partial charge on any atom is -0.480 e. The molecule has 0 radical (unpaired) electrons. The fourth-order valence-corrected chi connectivity index (χ4v) is 2.68. The van der Waals surface area contributed by atoms with Gasteiger partial charge in [-0.25, -0.2) is 0 Å². The number of nitrogens with one attached hydrogen (secondary N) is 1. The number of carboxylic acid groups (broad SMARTS) is 1. The van der Waals surface area contributed by atoms with E-state index in [9.17, 15) is 9.59 Å². The summed E-state index contributed by atoms with van der Waals surface area (Å²) in [5.74, 6) is 0.138. The predicted octanol–water partition coefficient (Wildman–Crippen LogP) is 1.48. The van der Waals surface area contributed by atoms with Gasteiger partial charge >= 0.3 is 5.97 Å². The molecule has 2 aliphatic carbocycles. The van der Waals surface area contributed by atoms with Crippen LogP contribution in [0.2, 0.25) is 0 Å². The number of aliphatic carboxylic acids is 1. The molecule has 5 heteroatoms. The first kappa shape index (κ1) is 15.3. The molecule has 2 rings (SSSR count). The van der Waals surface area contributed by atoms with E-state index in [-0.39, 0.29) is 24.4 Å². The summed E-state index contributed by atoms with van der Waals surface area (Å²) in [5, 5.41) is 12.1. The standard InChI is InChI=1S/C15H26N2O3/c1-3-10(2)15(20)16-12-6-13(7-12)17(9-14(18)19)8-11-4-5-11/h10-13H,3-9H2,1-2H3,(H,16,20)(H,18,19). The van der Waals surface area contributed by atoms with Crippen molar-refractivity contribution in [3.05, 3.63) is 0 Å². The number of carbonyl (C=O) groups excluding carboxylic acids is 1. The topological polar surface area (TPSA) is 69.6 Å². The van der Waals surface area contributed by atoms with Gasteiger partial charge < -0.3 is 10.4 Å². The van der Waals surface area contributed by atoms with Crippen molar-refractivity contribution in [2.45, 2.75) is 58.0 Å². The van der Waals surface area contributed by atoms with Crippen LogP contribution in [0.4, 0.5) is 0 Å². The average Bonchev–Trinajstić information content (AvgIpc) is 3.14. The lowest BCUT2D eigenvalue weighted by Crippen LogP contribution is -2.55. The molecular formula is C15H26N2O3. The Kier molecular flexibility index (Phi) is 5.02. The van der Waals surface area contributed by atoms with Gasteiger partial charge in [-0.05, 0) is 38.0 Å². The van der Waals surface area contributed by atoms with E-state index in [0.29, 0.717) is 12.0 Å². The summed E-state index contributed by atoms with van der Waals surface area (Å²) in [7, 11) is 0. The van der Waals surface area contributed by atoms with Gasteiger partial charge in [0, 0.05) is 24.5 Å². The van der Waals surface area contributed by atoms with E-state index in [2.05, 4.69) is 10.2 Å². The first-order valence-corrected chi connectivity index (χ1v) is 7.75. The molecule has 114 valence electrons. The van der Waals surface area contributed by atoms with Crippen molar-refractivity contribution < 1.29 is 14.7 Å². The van der Waals surface area contributed by atoms with Gasteiger partial charge in [0.2, 0.25) is 5.91 Å². The second kappa shape index (κ2) is 6.57. The van der Waals surface area contributed by atoms with Crippen LogP contribution < -0.4 is 5.32 Å². The van der Waals surface area contributed by atoms with Gasteiger partial charge in [-0.2, -0.15) is 0 Å². The van der Waals surface area contributed by atoms with Gasteiger partial charge in [0.15, 0.2) is 0 Å². The monoisotopic (exact) mass is 282 g/mol. The second-order valence-electron chi connectivity index (χ2n) is 6.41. The Labute approximate surface area is 120 Å². The van der Waals surface area contributed by atoms with Crippen molar-refractivity contribution in [2.75, 3.05) is 13.1 Å². The van der Waals surface area contributed by atoms with Crippen molar-refractivity contribution in [3.63, 3.8) is 0 Å². The zero-order valence-electron chi connectivity index (χ0n) is 12.5. The number of hydrogen-bond donors (Lipinski definition) is 2. The molecule has 0 saturated heterocycles. The molecule has 1 unspecified atom stereocenters. The average molecular weight is 282 g/mol. The summed E-state index contributed by atoms with van der Waals surface area (Å²) in [6.07, 6.45) is 5.10. The summed E-state index contributed by atoms with van der Waals surface area (Å²) >= 11 is 0. The minimum atomic E-state index is -0.752. The molecular weight excluding hydrogens is 256 g/mol. The molecule has 0 aliphatic heterocycles. The minimum absolute atomic E-state index is 0.0654. The largest absolute Gasteiger partial charge is 0.480 e. The van der Waals surface area contributed by atoms with Crippen molar-refractivity contribution in [1.29, 1.82) is 0 Å². The van der Waals surface area contributed by atoms with Crippen LogP contribution >= 0.6 is 0 Å². The number of carbonyl (C=O) groups is 2. The van der Waals surface area contributed by atoms with Gasteiger partial charge in [0.1, 0.15) is 0 Å². The Hall–Kier alpha value is -1.10. The van der Waals surface area contributed by atoms with E-state index in [1.165, 1.54) is 12.8 Å². The summed E-state index contributed by atoms with van der Waals surface area (Å²) in [6, 6.07) is 0.561. The molecule has 1 atom stereocenters. The summed E-state index contributed by atoms with van der Waals surface area (Å²) in [6.45, 7) is 4.99. The van der Waals surface area contributed by atoms with Crippen LogP contribution in [-0.4, -0.2) is 47.1 Å². The highest BCUT2D eigenvalue weighted by atomic mass is 16.4. The van der Waals surface area contributed by atoms with Crippen LogP contribution in [0.1, 0.15) is 46.0 Å². The van der Waals surface area contributed by atoms with Crippen molar-refractivity contribution in [1.82, 2.24) is 10.2 Å². The van der Waals surface area contributed by atoms with Gasteiger partial charge in [-0.3, -0.25) is 14.5 Å². The van der Waals surface area contributed by atoms with Crippen LogP contribution in [0, 0.1) is 11.8 Å². The highest BCUT2D eigenvalue weighted by Crippen LogP contribution is 2.33. The third kappa shape index (κ3) is 4.20. The second-order valence-corrected chi connectivity index (χ2v) is 6.41. The van der Waals surface area contributed by atoms with Crippen molar-refractivity contribution in [2.24, 2.45) is 11.8 Å². The number of hydrogen-bond acceptors (Lipinski definition) is 3. The smallest absolute Gasteiger partial charge is 0.317 e. The van der Waals surface area contributed by atoms with Crippen LogP contribution in [-0.2, 0) is 9.59 Å². The van der Waals surface area contributed by atoms with Crippen LogP contribution in [0.15, 0.2) is 0 Å². The first-order chi connectivity index (χ1) is 9.49. The van der Waals surface area contributed by atoms with E-state index >= 15 is 0 Å². The Morgan fingerprint density at radius 2 is 2.00 bits per heavy atom. The fraction of sp³-hybridized carbons (Fsp3) is 0.867. The van der Waals surface area contributed by atoms with Crippen LogP contribution in [0.3, 0.4) is 0 Å². The van der Waals surface area contributed by atoms with E-state index in [4.69, 9.17) is 5.11 Å². The molecule has 5 nitrogen and oxygen atoms in total. The Balaban J connectivity index is 1.74. The number of amides is 1. The molecule has 2 fully saturated rings. The van der Waals surface area contributed by atoms with E-state index < -0.39 is 5.97 Å². The van der Waals surface area contributed by atoms with Gasteiger partial charge in [0.05, 0.1) is 6.54 Å². The molecule has 2 N–H and O–H groups in total. The molecule has 2 saturated carbocycles. The predicted molar refractivity (Wildman–Crippen MR) is 76.3 cm³/mol. The van der Waals surface area contributed by atoms with Crippen molar-refractivity contribution >= 4 is 11.9 Å². The molecule has 0 aromatic heterocycles. The van der Waals surface area contributed by atoms with Gasteiger partial charge in [-0.1, -0.05) is 13.8 Å². The van der Waals surface area contributed by atoms with Gasteiger partial charge in [-0.15, -0.1) is 0 Å². The quantitative estimate of drug-likeness (QED) is 0.707.